The van der Waals surface area contributed by atoms with Crippen molar-refractivity contribution in [1.29, 1.82) is 0 Å². The van der Waals surface area contributed by atoms with Gasteiger partial charge in [-0.3, -0.25) is 19.6 Å². The monoisotopic (exact) mass is 377 g/mol. The molecular weight excluding hydrogens is 358 g/mol. The number of anilines is 1. The van der Waals surface area contributed by atoms with Gasteiger partial charge >= 0.3 is 0 Å². The predicted molar refractivity (Wildman–Crippen MR) is 99.1 cm³/mol. The minimum atomic E-state index is -0.438. The number of aromatic nitrogens is 2. The van der Waals surface area contributed by atoms with Crippen molar-refractivity contribution in [2.75, 3.05) is 24.5 Å². The van der Waals surface area contributed by atoms with Crippen LogP contribution in [0.4, 0.5) is 11.4 Å². The van der Waals surface area contributed by atoms with Crippen LogP contribution < -0.4 is 10.2 Å². The molecule has 2 aliphatic rings. The molecule has 0 radical (unpaired) electrons. The highest BCUT2D eigenvalue weighted by atomic mass is 35.5. The Morgan fingerprint density at radius 3 is 2.92 bits per heavy atom. The summed E-state index contributed by atoms with van der Waals surface area (Å²) in [5.41, 5.74) is 1.95. The van der Waals surface area contributed by atoms with Crippen molar-refractivity contribution < 1.29 is 9.72 Å². The van der Waals surface area contributed by atoms with Gasteiger partial charge in [-0.1, -0.05) is 6.07 Å². The highest BCUT2D eigenvalue weighted by Crippen LogP contribution is 2.32. The zero-order valence-electron chi connectivity index (χ0n) is 14.1. The first-order chi connectivity index (χ1) is 12.1. The number of halogens is 1. The average Bonchev–Trinajstić information content (AvgIpc) is 3.28. The fourth-order valence-electron chi connectivity index (χ4n) is 3.55. The van der Waals surface area contributed by atoms with E-state index >= 15 is 0 Å². The van der Waals surface area contributed by atoms with Gasteiger partial charge in [-0.25, -0.2) is 0 Å². The van der Waals surface area contributed by atoms with Crippen molar-refractivity contribution in [1.82, 2.24) is 15.1 Å². The molecule has 0 aliphatic carbocycles. The second-order valence-corrected chi connectivity index (χ2v) is 6.46. The van der Waals surface area contributed by atoms with E-state index in [2.05, 4.69) is 10.4 Å². The van der Waals surface area contributed by atoms with Crippen LogP contribution in [0.5, 0.6) is 0 Å². The Morgan fingerprint density at radius 2 is 2.19 bits per heavy atom. The Labute approximate surface area is 156 Å². The smallest absolute Gasteiger partial charge is 0.278 e. The second-order valence-electron chi connectivity index (χ2n) is 6.46. The molecule has 138 valence electrons. The molecule has 1 aromatic heterocycles. The van der Waals surface area contributed by atoms with E-state index in [1.807, 2.05) is 10.9 Å². The van der Waals surface area contributed by atoms with Gasteiger partial charge < -0.3 is 10.2 Å². The number of nitro benzene ring substituents is 1. The number of non-ortho nitro benzene ring substituents is 1. The SMILES string of the molecule is Cl.O=C(c1ccn(C2CCCNC2)n1)N1CCc2ccc([N+](=O)[O-])cc21. The number of hydrogen-bond donors (Lipinski definition) is 1. The minimum Gasteiger partial charge on any atom is -0.315 e. The highest BCUT2D eigenvalue weighted by Gasteiger charge is 2.29. The van der Waals surface area contributed by atoms with Gasteiger partial charge in [0.15, 0.2) is 5.69 Å². The molecule has 4 rings (SSSR count). The van der Waals surface area contributed by atoms with E-state index in [9.17, 15) is 14.9 Å². The summed E-state index contributed by atoms with van der Waals surface area (Å²) < 4.78 is 1.85. The van der Waals surface area contributed by atoms with E-state index < -0.39 is 4.92 Å². The average molecular weight is 378 g/mol. The van der Waals surface area contributed by atoms with Crippen molar-refractivity contribution in [2.45, 2.75) is 25.3 Å². The lowest BCUT2D eigenvalue weighted by atomic mass is 10.1. The molecule has 2 aromatic rings. The van der Waals surface area contributed by atoms with E-state index in [1.54, 1.807) is 17.0 Å². The maximum Gasteiger partial charge on any atom is 0.278 e. The number of piperidine rings is 1. The van der Waals surface area contributed by atoms with E-state index in [0.717, 1.165) is 31.5 Å². The van der Waals surface area contributed by atoms with Gasteiger partial charge in [0.25, 0.3) is 11.6 Å². The summed E-state index contributed by atoms with van der Waals surface area (Å²) in [7, 11) is 0. The first-order valence-corrected chi connectivity index (χ1v) is 8.48. The molecular formula is C17H20ClN5O3. The van der Waals surface area contributed by atoms with Crippen LogP contribution >= 0.6 is 12.4 Å². The molecule has 1 amide bonds. The lowest BCUT2D eigenvalue weighted by Crippen LogP contribution is -2.32. The standard InChI is InChI=1S/C17H19N5O3.ClH/c23-17(15-6-9-21(19-15)14-2-1-7-18-11-14)20-8-5-12-3-4-13(22(24)25)10-16(12)20;/h3-4,6,9-10,14,18H,1-2,5,7-8,11H2;1H. The van der Waals surface area contributed by atoms with Gasteiger partial charge in [-0.2, -0.15) is 5.10 Å². The Kier molecular flexibility index (Phi) is 5.24. The Hall–Kier alpha value is -2.45. The summed E-state index contributed by atoms with van der Waals surface area (Å²) >= 11 is 0. The predicted octanol–water partition coefficient (Wildman–Crippen LogP) is 2.34. The Bertz CT molecular complexity index is 832. The topological polar surface area (TPSA) is 93.3 Å². The maximum atomic E-state index is 12.9. The number of carbonyl (C=O) groups is 1. The number of amides is 1. The minimum absolute atomic E-state index is 0. The fraction of sp³-hybridized carbons (Fsp3) is 0.412. The number of fused-ring (bicyclic) bond motifs is 1. The third-order valence-corrected chi connectivity index (χ3v) is 4.89. The largest absolute Gasteiger partial charge is 0.315 e. The van der Waals surface area contributed by atoms with E-state index in [4.69, 9.17) is 0 Å². The van der Waals surface area contributed by atoms with Crippen LogP contribution in [-0.4, -0.2) is 40.2 Å². The van der Waals surface area contributed by atoms with Crippen molar-refractivity contribution >= 4 is 29.7 Å². The molecule has 0 bridgehead atoms. The molecule has 3 heterocycles. The number of hydrogen-bond acceptors (Lipinski definition) is 5. The summed E-state index contributed by atoms with van der Waals surface area (Å²) in [4.78, 5) is 25.0. The van der Waals surface area contributed by atoms with Crippen LogP contribution in [0.2, 0.25) is 0 Å². The van der Waals surface area contributed by atoms with Gasteiger partial charge in [-0.15, -0.1) is 12.4 Å². The first kappa shape index (κ1) is 18.3. The van der Waals surface area contributed by atoms with E-state index in [-0.39, 0.29) is 30.0 Å². The highest BCUT2D eigenvalue weighted by molar-refractivity contribution is 6.06. The number of nitrogens with one attached hydrogen (secondary N) is 1. The molecule has 0 spiro atoms. The van der Waals surface area contributed by atoms with Crippen molar-refractivity contribution in [3.8, 4) is 0 Å². The molecule has 9 heteroatoms. The Balaban J connectivity index is 0.00000196. The van der Waals surface area contributed by atoms with Gasteiger partial charge in [0.1, 0.15) is 0 Å². The third-order valence-electron chi connectivity index (χ3n) is 4.89. The fourth-order valence-corrected chi connectivity index (χ4v) is 3.55. The van der Waals surface area contributed by atoms with Crippen LogP contribution in [0.1, 0.15) is 34.9 Å². The van der Waals surface area contributed by atoms with Crippen LogP contribution in [0.3, 0.4) is 0 Å². The van der Waals surface area contributed by atoms with Crippen molar-refractivity contribution in [2.24, 2.45) is 0 Å². The number of benzene rings is 1. The summed E-state index contributed by atoms with van der Waals surface area (Å²) in [5.74, 6) is -0.207. The number of nitro groups is 1. The second kappa shape index (κ2) is 7.43. The van der Waals surface area contributed by atoms with E-state index in [0.29, 0.717) is 24.3 Å². The summed E-state index contributed by atoms with van der Waals surface area (Å²) in [5, 5.41) is 18.8. The quantitative estimate of drug-likeness (QED) is 0.654. The number of nitrogens with zero attached hydrogens (tertiary/aromatic N) is 4. The molecule has 1 unspecified atom stereocenters. The zero-order valence-corrected chi connectivity index (χ0v) is 14.9. The van der Waals surface area contributed by atoms with Crippen molar-refractivity contribution in [3.63, 3.8) is 0 Å². The first-order valence-electron chi connectivity index (χ1n) is 8.48. The van der Waals surface area contributed by atoms with Gasteiger partial charge in [0, 0.05) is 31.4 Å². The molecule has 1 fully saturated rings. The molecule has 2 aliphatic heterocycles. The molecule has 1 N–H and O–H groups in total. The van der Waals surface area contributed by atoms with Crippen molar-refractivity contribution in [3.05, 3.63) is 51.8 Å². The third kappa shape index (κ3) is 3.30. The Morgan fingerprint density at radius 1 is 1.35 bits per heavy atom. The summed E-state index contributed by atoms with van der Waals surface area (Å²) in [6.07, 6.45) is 4.68. The maximum absolute atomic E-state index is 12.9. The molecule has 1 atom stereocenters. The van der Waals surface area contributed by atoms with Gasteiger partial charge in [0.2, 0.25) is 0 Å². The molecule has 8 nitrogen and oxygen atoms in total. The number of rotatable bonds is 3. The molecule has 1 saturated heterocycles. The lowest BCUT2D eigenvalue weighted by molar-refractivity contribution is -0.384. The molecule has 0 saturated carbocycles. The van der Waals surface area contributed by atoms with Crippen LogP contribution in [0, 0.1) is 10.1 Å². The molecule has 26 heavy (non-hydrogen) atoms. The van der Waals surface area contributed by atoms with Crippen LogP contribution in [0.25, 0.3) is 0 Å². The summed E-state index contributed by atoms with van der Waals surface area (Å²) in [6.45, 7) is 2.40. The van der Waals surface area contributed by atoms with Crippen LogP contribution in [0.15, 0.2) is 30.5 Å². The van der Waals surface area contributed by atoms with Gasteiger partial charge in [-0.05, 0) is 37.4 Å². The normalized spacial score (nSPS) is 18.9. The van der Waals surface area contributed by atoms with E-state index in [1.165, 1.54) is 12.1 Å². The van der Waals surface area contributed by atoms with Crippen LogP contribution in [-0.2, 0) is 6.42 Å². The lowest BCUT2D eigenvalue weighted by Gasteiger charge is -2.23. The molecule has 1 aromatic carbocycles. The number of carbonyl (C=O) groups excluding carboxylic acids is 1. The zero-order chi connectivity index (χ0) is 17.4. The van der Waals surface area contributed by atoms with Gasteiger partial charge in [0.05, 0.1) is 16.7 Å². The summed E-state index contributed by atoms with van der Waals surface area (Å²) in [6, 6.07) is 6.68.